The molecule has 0 saturated carbocycles. The number of methoxy groups -OCH3 is 1. The zero-order valence-electron chi connectivity index (χ0n) is 8.38. The van der Waals surface area contributed by atoms with Gasteiger partial charge in [-0.3, -0.25) is 0 Å². The van der Waals surface area contributed by atoms with Gasteiger partial charge >= 0.3 is 11.9 Å². The first-order valence-electron chi connectivity index (χ1n) is 4.29. The lowest BCUT2D eigenvalue weighted by Crippen LogP contribution is -2.11. The van der Waals surface area contributed by atoms with Gasteiger partial charge in [-0.2, -0.15) is 0 Å². The standard InChI is InChI=1S/C10H10O6/c1-16-10(15)6-4-5(2-3-7(6)11)8(12)9(13)14/h2-4,8,11-12H,1H3,(H,13,14). The van der Waals surface area contributed by atoms with Gasteiger partial charge in [0.05, 0.1) is 7.11 Å². The second-order valence-electron chi connectivity index (χ2n) is 3.01. The molecule has 1 unspecified atom stereocenters. The summed E-state index contributed by atoms with van der Waals surface area (Å²) in [7, 11) is 1.13. The lowest BCUT2D eigenvalue weighted by molar-refractivity contribution is -0.146. The molecule has 0 aliphatic rings. The molecule has 0 aromatic heterocycles. The summed E-state index contributed by atoms with van der Waals surface area (Å²) in [5.41, 5.74) is -0.203. The van der Waals surface area contributed by atoms with E-state index in [4.69, 9.17) is 5.11 Å². The predicted molar refractivity (Wildman–Crippen MR) is 52.0 cm³/mol. The fourth-order valence-electron chi connectivity index (χ4n) is 1.14. The van der Waals surface area contributed by atoms with Crippen molar-refractivity contribution in [2.45, 2.75) is 6.10 Å². The Balaban J connectivity index is 3.17. The second-order valence-corrected chi connectivity index (χ2v) is 3.01. The minimum Gasteiger partial charge on any atom is -0.507 e. The van der Waals surface area contributed by atoms with Crippen LogP contribution in [0.4, 0.5) is 0 Å². The molecule has 6 heteroatoms. The number of phenols is 1. The maximum Gasteiger partial charge on any atom is 0.341 e. The molecule has 0 saturated heterocycles. The van der Waals surface area contributed by atoms with Crippen LogP contribution in [0, 0.1) is 0 Å². The van der Waals surface area contributed by atoms with Gasteiger partial charge in [-0.1, -0.05) is 6.07 Å². The van der Waals surface area contributed by atoms with Gasteiger partial charge < -0.3 is 20.1 Å². The summed E-state index contributed by atoms with van der Waals surface area (Å²) in [5.74, 6) is -2.59. The number of benzene rings is 1. The fraction of sp³-hybridized carbons (Fsp3) is 0.200. The van der Waals surface area contributed by atoms with Gasteiger partial charge in [0.1, 0.15) is 11.3 Å². The highest BCUT2D eigenvalue weighted by atomic mass is 16.5. The van der Waals surface area contributed by atoms with Crippen molar-refractivity contribution in [2.24, 2.45) is 0 Å². The quantitative estimate of drug-likeness (QED) is 0.640. The first kappa shape index (κ1) is 12.0. The van der Waals surface area contributed by atoms with E-state index in [0.29, 0.717) is 0 Å². The molecule has 0 aliphatic carbocycles. The third kappa shape index (κ3) is 2.29. The van der Waals surface area contributed by atoms with Crippen LogP contribution >= 0.6 is 0 Å². The van der Waals surface area contributed by atoms with Crippen molar-refractivity contribution in [3.63, 3.8) is 0 Å². The Hall–Kier alpha value is -2.08. The number of phenolic OH excluding ortho intramolecular Hbond substituents is 1. The van der Waals surface area contributed by atoms with E-state index in [1.165, 1.54) is 6.07 Å². The molecule has 1 rings (SSSR count). The third-order valence-corrected chi connectivity index (χ3v) is 1.98. The van der Waals surface area contributed by atoms with E-state index in [9.17, 15) is 19.8 Å². The highest BCUT2D eigenvalue weighted by molar-refractivity contribution is 5.92. The molecule has 86 valence electrons. The van der Waals surface area contributed by atoms with Gasteiger partial charge in [0.15, 0.2) is 6.10 Å². The number of ether oxygens (including phenoxy) is 1. The van der Waals surface area contributed by atoms with E-state index in [1.54, 1.807) is 0 Å². The Morgan fingerprint density at radius 3 is 2.50 bits per heavy atom. The topological polar surface area (TPSA) is 104 Å². The Bertz CT molecular complexity index is 425. The molecule has 0 bridgehead atoms. The van der Waals surface area contributed by atoms with Gasteiger partial charge in [-0.25, -0.2) is 9.59 Å². The van der Waals surface area contributed by atoms with E-state index in [0.717, 1.165) is 19.2 Å². The van der Waals surface area contributed by atoms with Crippen LogP contribution in [0.15, 0.2) is 18.2 Å². The number of hydrogen-bond acceptors (Lipinski definition) is 5. The van der Waals surface area contributed by atoms with Crippen LogP contribution in [0.2, 0.25) is 0 Å². The van der Waals surface area contributed by atoms with Crippen molar-refractivity contribution in [1.82, 2.24) is 0 Å². The third-order valence-electron chi connectivity index (χ3n) is 1.98. The number of rotatable bonds is 3. The molecular weight excluding hydrogens is 216 g/mol. The molecule has 0 aliphatic heterocycles. The summed E-state index contributed by atoms with van der Waals surface area (Å²) in [4.78, 5) is 21.7. The number of aliphatic hydroxyl groups excluding tert-OH is 1. The van der Waals surface area contributed by atoms with Crippen molar-refractivity contribution in [1.29, 1.82) is 0 Å². The SMILES string of the molecule is COC(=O)c1cc(C(O)C(=O)O)ccc1O. The maximum atomic E-state index is 11.2. The molecule has 16 heavy (non-hydrogen) atoms. The molecule has 1 aromatic rings. The summed E-state index contributed by atoms with van der Waals surface area (Å²) in [5, 5.41) is 27.1. The molecule has 3 N–H and O–H groups in total. The number of carbonyl (C=O) groups is 2. The van der Waals surface area contributed by atoms with E-state index in [2.05, 4.69) is 4.74 Å². The van der Waals surface area contributed by atoms with Crippen molar-refractivity contribution in [3.05, 3.63) is 29.3 Å². The second kappa shape index (κ2) is 4.63. The number of aliphatic hydroxyl groups is 1. The summed E-state index contributed by atoms with van der Waals surface area (Å²) in [6.45, 7) is 0. The number of carbonyl (C=O) groups excluding carboxylic acids is 1. The van der Waals surface area contributed by atoms with Crippen LogP contribution in [0.3, 0.4) is 0 Å². The van der Waals surface area contributed by atoms with Crippen molar-refractivity contribution in [3.8, 4) is 5.75 Å². The van der Waals surface area contributed by atoms with E-state index in [-0.39, 0.29) is 16.9 Å². The average Bonchev–Trinajstić information content (AvgIpc) is 2.27. The van der Waals surface area contributed by atoms with Crippen LogP contribution < -0.4 is 0 Å². The molecular formula is C10H10O6. The normalized spacial score (nSPS) is 11.9. The van der Waals surface area contributed by atoms with E-state index in [1.807, 2.05) is 0 Å². The number of esters is 1. The van der Waals surface area contributed by atoms with Crippen molar-refractivity contribution in [2.75, 3.05) is 7.11 Å². The zero-order valence-corrected chi connectivity index (χ0v) is 8.38. The lowest BCUT2D eigenvalue weighted by Gasteiger charge is -2.08. The van der Waals surface area contributed by atoms with Crippen LogP contribution in [0.5, 0.6) is 5.75 Å². The number of hydrogen-bond donors (Lipinski definition) is 3. The van der Waals surface area contributed by atoms with Gasteiger partial charge in [-0.15, -0.1) is 0 Å². The first-order valence-corrected chi connectivity index (χ1v) is 4.29. The molecule has 6 nitrogen and oxygen atoms in total. The number of aromatic hydroxyl groups is 1. The van der Waals surface area contributed by atoms with Crippen LogP contribution in [0.25, 0.3) is 0 Å². The molecule has 0 amide bonds. The van der Waals surface area contributed by atoms with Gasteiger partial charge in [-0.05, 0) is 17.7 Å². The Morgan fingerprint density at radius 1 is 1.38 bits per heavy atom. The lowest BCUT2D eigenvalue weighted by atomic mass is 10.1. The zero-order chi connectivity index (χ0) is 12.3. The first-order chi connectivity index (χ1) is 7.47. The number of aliphatic carboxylic acids is 1. The maximum absolute atomic E-state index is 11.2. The Labute approximate surface area is 90.7 Å². The number of carboxylic acids is 1. The average molecular weight is 226 g/mol. The highest BCUT2D eigenvalue weighted by Gasteiger charge is 2.19. The summed E-state index contributed by atoms with van der Waals surface area (Å²) in [6.07, 6.45) is -1.75. The fourth-order valence-corrected chi connectivity index (χ4v) is 1.14. The van der Waals surface area contributed by atoms with Crippen LogP contribution in [-0.2, 0) is 9.53 Å². The highest BCUT2D eigenvalue weighted by Crippen LogP contribution is 2.23. The van der Waals surface area contributed by atoms with Gasteiger partial charge in [0.25, 0.3) is 0 Å². The molecule has 0 spiro atoms. The molecule has 1 aromatic carbocycles. The smallest absolute Gasteiger partial charge is 0.341 e. The minimum atomic E-state index is -1.75. The van der Waals surface area contributed by atoms with E-state index < -0.39 is 18.0 Å². The van der Waals surface area contributed by atoms with Gasteiger partial charge in [0.2, 0.25) is 0 Å². The molecule has 0 radical (unpaired) electrons. The van der Waals surface area contributed by atoms with Crippen molar-refractivity contribution < 1.29 is 29.6 Å². The molecule has 0 heterocycles. The Morgan fingerprint density at radius 2 is 2.00 bits per heavy atom. The molecule has 0 fully saturated rings. The van der Waals surface area contributed by atoms with Crippen LogP contribution in [0.1, 0.15) is 22.0 Å². The summed E-state index contributed by atoms with van der Waals surface area (Å²) in [6, 6.07) is 3.40. The largest absolute Gasteiger partial charge is 0.507 e. The Kier molecular flexibility index (Phi) is 3.47. The minimum absolute atomic E-state index is 0.00861. The summed E-state index contributed by atoms with van der Waals surface area (Å²) < 4.78 is 4.38. The molecule has 1 atom stereocenters. The van der Waals surface area contributed by atoms with Gasteiger partial charge in [0, 0.05) is 0 Å². The number of carboxylic acid groups (broad SMARTS) is 1. The van der Waals surface area contributed by atoms with Crippen LogP contribution in [-0.4, -0.2) is 34.4 Å². The summed E-state index contributed by atoms with van der Waals surface area (Å²) >= 11 is 0. The van der Waals surface area contributed by atoms with Crippen molar-refractivity contribution >= 4 is 11.9 Å². The van der Waals surface area contributed by atoms with E-state index >= 15 is 0 Å². The monoisotopic (exact) mass is 226 g/mol. The predicted octanol–water partition coefficient (Wildman–Crippen LogP) is 0.297.